The minimum atomic E-state index is -2.61. The van der Waals surface area contributed by atoms with Crippen molar-refractivity contribution in [2.45, 2.75) is 45.0 Å². The number of halogens is 3. The number of ketones is 1. The van der Waals surface area contributed by atoms with Gasteiger partial charge in [0.25, 0.3) is 0 Å². The number of pyridine rings is 1. The molecule has 0 aromatic carbocycles. The van der Waals surface area contributed by atoms with E-state index in [4.69, 9.17) is 11.6 Å². The Bertz CT molecular complexity index is 859. The number of carbonyl (C=O) groups is 1. The second-order valence-corrected chi connectivity index (χ2v) is 7.98. The highest BCUT2D eigenvalue weighted by atomic mass is 35.5. The molecule has 3 rings (SSSR count). The SMILES string of the molecule is CC1CC(C/C=C/C(=O)c2cc(CCO)n3cccc(Cl)c23)CC(F)(F)C1. The molecule has 1 N–H and O–H groups in total. The third kappa shape index (κ3) is 4.58. The van der Waals surface area contributed by atoms with Crippen molar-refractivity contribution in [2.75, 3.05) is 6.61 Å². The first-order valence-corrected chi connectivity index (χ1v) is 9.66. The van der Waals surface area contributed by atoms with E-state index in [0.29, 0.717) is 28.9 Å². The molecule has 1 saturated carbocycles. The number of nitrogens with zero attached hydrogens (tertiary/aromatic N) is 1. The van der Waals surface area contributed by atoms with Gasteiger partial charge in [-0.15, -0.1) is 0 Å². The van der Waals surface area contributed by atoms with E-state index in [-0.39, 0.29) is 37.1 Å². The van der Waals surface area contributed by atoms with Crippen molar-refractivity contribution in [3.8, 4) is 0 Å². The number of hydrogen-bond acceptors (Lipinski definition) is 2. The number of allylic oxidation sites excluding steroid dienone is 2. The lowest BCUT2D eigenvalue weighted by atomic mass is 9.78. The summed E-state index contributed by atoms with van der Waals surface area (Å²) in [5, 5.41) is 9.70. The van der Waals surface area contributed by atoms with Gasteiger partial charge in [-0.3, -0.25) is 4.79 Å². The molecule has 27 heavy (non-hydrogen) atoms. The second-order valence-electron chi connectivity index (χ2n) is 7.57. The highest BCUT2D eigenvalue weighted by Gasteiger charge is 2.39. The normalized spacial score (nSPS) is 22.6. The van der Waals surface area contributed by atoms with Crippen molar-refractivity contribution < 1.29 is 18.7 Å². The molecular weight excluding hydrogens is 372 g/mol. The predicted octanol–water partition coefficient (Wildman–Crippen LogP) is 5.33. The fourth-order valence-electron chi connectivity index (χ4n) is 4.17. The van der Waals surface area contributed by atoms with Gasteiger partial charge in [-0.2, -0.15) is 0 Å². The molecule has 0 radical (unpaired) electrons. The van der Waals surface area contributed by atoms with Gasteiger partial charge in [0.1, 0.15) is 0 Å². The maximum absolute atomic E-state index is 13.7. The van der Waals surface area contributed by atoms with Crippen molar-refractivity contribution in [1.29, 1.82) is 0 Å². The lowest BCUT2D eigenvalue weighted by Gasteiger charge is -2.32. The van der Waals surface area contributed by atoms with Gasteiger partial charge in [0.15, 0.2) is 5.78 Å². The Kier molecular flexibility index (Phi) is 6.02. The molecule has 2 unspecified atom stereocenters. The summed E-state index contributed by atoms with van der Waals surface area (Å²) < 4.78 is 29.3. The Balaban J connectivity index is 1.77. The Hall–Kier alpha value is -1.72. The first kappa shape index (κ1) is 20.0. The van der Waals surface area contributed by atoms with Gasteiger partial charge in [-0.1, -0.05) is 24.6 Å². The van der Waals surface area contributed by atoms with Crippen molar-refractivity contribution in [3.63, 3.8) is 0 Å². The van der Waals surface area contributed by atoms with Gasteiger partial charge in [0.2, 0.25) is 5.92 Å². The Morgan fingerprint density at radius 1 is 1.44 bits per heavy atom. The van der Waals surface area contributed by atoms with Gasteiger partial charge < -0.3 is 9.51 Å². The molecule has 6 heteroatoms. The summed E-state index contributed by atoms with van der Waals surface area (Å²) in [5.74, 6) is -2.92. The molecule has 3 nitrogen and oxygen atoms in total. The smallest absolute Gasteiger partial charge is 0.248 e. The van der Waals surface area contributed by atoms with Crippen LogP contribution in [0, 0.1) is 11.8 Å². The molecule has 0 aliphatic heterocycles. The zero-order valence-corrected chi connectivity index (χ0v) is 16.1. The van der Waals surface area contributed by atoms with Gasteiger partial charge in [-0.25, -0.2) is 8.78 Å². The summed E-state index contributed by atoms with van der Waals surface area (Å²) in [6, 6.07) is 5.23. The predicted molar refractivity (Wildman–Crippen MR) is 103 cm³/mol. The average Bonchev–Trinajstić information content (AvgIpc) is 2.93. The summed E-state index contributed by atoms with van der Waals surface area (Å²) in [6.45, 7) is 1.82. The van der Waals surface area contributed by atoms with E-state index < -0.39 is 5.92 Å². The van der Waals surface area contributed by atoms with Crippen LogP contribution in [0.5, 0.6) is 0 Å². The Morgan fingerprint density at radius 3 is 2.93 bits per heavy atom. The number of hydrogen-bond donors (Lipinski definition) is 1. The number of fused-ring (bicyclic) bond motifs is 1. The van der Waals surface area contributed by atoms with Crippen LogP contribution in [0.15, 0.2) is 36.5 Å². The van der Waals surface area contributed by atoms with Gasteiger partial charge >= 0.3 is 0 Å². The van der Waals surface area contributed by atoms with Crippen molar-refractivity contribution >= 4 is 22.9 Å². The van der Waals surface area contributed by atoms with Crippen molar-refractivity contribution in [2.24, 2.45) is 11.8 Å². The number of aliphatic hydroxyl groups excluding tert-OH is 1. The topological polar surface area (TPSA) is 41.7 Å². The molecule has 2 aromatic heterocycles. The maximum atomic E-state index is 13.7. The average molecular weight is 396 g/mol. The first-order valence-electron chi connectivity index (χ1n) is 9.28. The molecule has 2 aromatic rings. The number of carbonyl (C=O) groups excluding carboxylic acids is 1. The minimum absolute atomic E-state index is 0.00174. The Labute approximate surface area is 162 Å². The highest BCUT2D eigenvalue weighted by Crippen LogP contribution is 2.41. The van der Waals surface area contributed by atoms with E-state index in [2.05, 4.69) is 0 Å². The van der Waals surface area contributed by atoms with Crippen LogP contribution in [0.2, 0.25) is 5.02 Å². The third-order valence-corrected chi connectivity index (χ3v) is 5.47. The molecular formula is C21H24ClF2NO2. The van der Waals surface area contributed by atoms with E-state index in [1.807, 2.05) is 11.3 Å². The van der Waals surface area contributed by atoms with Gasteiger partial charge in [-0.05, 0) is 49.0 Å². The zero-order valence-electron chi connectivity index (χ0n) is 15.3. The van der Waals surface area contributed by atoms with Crippen LogP contribution in [-0.4, -0.2) is 27.8 Å². The monoisotopic (exact) mass is 395 g/mol. The van der Waals surface area contributed by atoms with E-state index in [1.165, 1.54) is 6.08 Å². The molecule has 0 saturated heterocycles. The van der Waals surface area contributed by atoms with Crippen LogP contribution in [0.4, 0.5) is 8.78 Å². The molecule has 0 amide bonds. The summed E-state index contributed by atoms with van der Waals surface area (Å²) in [4.78, 5) is 12.7. The van der Waals surface area contributed by atoms with E-state index in [0.717, 1.165) is 12.1 Å². The van der Waals surface area contributed by atoms with Crippen molar-refractivity contribution in [3.05, 3.63) is 52.8 Å². The molecule has 0 bridgehead atoms. The number of aliphatic hydroxyl groups is 1. The summed E-state index contributed by atoms with van der Waals surface area (Å²) in [7, 11) is 0. The van der Waals surface area contributed by atoms with Crippen LogP contribution in [0.25, 0.3) is 5.52 Å². The van der Waals surface area contributed by atoms with E-state index >= 15 is 0 Å². The van der Waals surface area contributed by atoms with Crippen molar-refractivity contribution in [1.82, 2.24) is 4.40 Å². The fraction of sp³-hybridized carbons (Fsp3) is 0.476. The first-order chi connectivity index (χ1) is 12.8. The number of rotatable bonds is 6. The van der Waals surface area contributed by atoms with Crippen LogP contribution in [0.1, 0.15) is 48.7 Å². The van der Waals surface area contributed by atoms with Crippen LogP contribution in [-0.2, 0) is 6.42 Å². The zero-order chi connectivity index (χ0) is 19.6. The van der Waals surface area contributed by atoms with E-state index in [1.54, 1.807) is 30.5 Å². The lowest BCUT2D eigenvalue weighted by Crippen LogP contribution is -2.30. The number of aromatic nitrogens is 1. The second kappa shape index (κ2) is 8.11. The number of alkyl halides is 2. The fourth-order valence-corrected chi connectivity index (χ4v) is 4.43. The van der Waals surface area contributed by atoms with Crippen LogP contribution < -0.4 is 0 Å². The standard InChI is InChI=1S/C21H24ClF2NO2/c1-14-10-15(13-21(23,24)12-14)4-2-6-19(27)17-11-16(7-9-26)25-8-3-5-18(22)20(17)25/h2-3,5-6,8,11,14-15,26H,4,7,9-10,12-13H2,1H3/b6-2+. The highest BCUT2D eigenvalue weighted by molar-refractivity contribution is 6.35. The maximum Gasteiger partial charge on any atom is 0.248 e. The minimum Gasteiger partial charge on any atom is -0.396 e. The molecule has 2 heterocycles. The lowest BCUT2D eigenvalue weighted by molar-refractivity contribution is -0.0686. The quantitative estimate of drug-likeness (QED) is 0.530. The summed E-state index contributed by atoms with van der Waals surface area (Å²) in [6.07, 6.45) is 6.44. The Morgan fingerprint density at radius 2 is 2.22 bits per heavy atom. The molecule has 146 valence electrons. The largest absolute Gasteiger partial charge is 0.396 e. The van der Waals surface area contributed by atoms with Crippen LogP contribution >= 0.6 is 11.6 Å². The summed E-state index contributed by atoms with van der Waals surface area (Å²) >= 11 is 6.28. The van der Waals surface area contributed by atoms with E-state index in [9.17, 15) is 18.7 Å². The van der Waals surface area contributed by atoms with Crippen LogP contribution in [0.3, 0.4) is 0 Å². The molecule has 1 fully saturated rings. The van der Waals surface area contributed by atoms with Gasteiger partial charge in [0, 0.05) is 43.3 Å². The molecule has 1 aliphatic rings. The molecule has 1 aliphatic carbocycles. The van der Waals surface area contributed by atoms with Gasteiger partial charge in [0.05, 0.1) is 10.5 Å². The molecule has 0 spiro atoms. The molecule has 2 atom stereocenters. The third-order valence-electron chi connectivity index (χ3n) is 5.16. The summed E-state index contributed by atoms with van der Waals surface area (Å²) in [5.41, 5.74) is 1.87.